The number of nitrogens with two attached hydrogens (primary N) is 1. The quantitative estimate of drug-likeness (QED) is 0.750. The largest absolute Gasteiger partial charge is 0.302 e. The van der Waals surface area contributed by atoms with Crippen LogP contribution in [0.15, 0.2) is 40.6 Å². The Kier molecular flexibility index (Phi) is 3.96. The molecule has 0 spiro atoms. The Labute approximate surface area is 134 Å². The van der Waals surface area contributed by atoms with Crippen molar-refractivity contribution >= 4 is 54.0 Å². The normalized spacial score (nSPS) is 11.7. The number of nitrogens with one attached hydrogen (secondary N) is 1. The molecule has 2 aromatic heterocycles. The van der Waals surface area contributed by atoms with Crippen LogP contribution in [0.5, 0.6) is 0 Å². The monoisotopic (exact) mass is 353 g/mol. The van der Waals surface area contributed by atoms with Crippen molar-refractivity contribution < 1.29 is 13.2 Å². The van der Waals surface area contributed by atoms with E-state index in [1.165, 1.54) is 34.8 Å². The van der Waals surface area contributed by atoms with Crippen LogP contribution in [0.1, 0.15) is 4.88 Å². The summed E-state index contributed by atoms with van der Waals surface area (Å²) in [5.41, 5.74) is 0.615. The summed E-state index contributed by atoms with van der Waals surface area (Å²) in [6.45, 7) is 0. The fraction of sp³-hybridized carbons (Fsp3) is 0.0769. The van der Waals surface area contributed by atoms with Crippen LogP contribution >= 0.6 is 22.7 Å². The van der Waals surface area contributed by atoms with Crippen LogP contribution in [0.4, 0.5) is 5.13 Å². The van der Waals surface area contributed by atoms with Crippen molar-refractivity contribution in [2.45, 2.75) is 11.3 Å². The molecule has 0 saturated heterocycles. The number of aromatic nitrogens is 1. The minimum Gasteiger partial charge on any atom is -0.302 e. The van der Waals surface area contributed by atoms with E-state index in [0.717, 1.165) is 4.88 Å². The Balaban J connectivity index is 1.81. The third kappa shape index (κ3) is 3.33. The summed E-state index contributed by atoms with van der Waals surface area (Å²) in [5, 5.41) is 10.2. The first kappa shape index (κ1) is 15.1. The molecule has 3 N–H and O–H groups in total. The Morgan fingerprint density at radius 3 is 2.82 bits per heavy atom. The van der Waals surface area contributed by atoms with Gasteiger partial charge in [-0.15, -0.1) is 11.3 Å². The van der Waals surface area contributed by atoms with E-state index in [9.17, 15) is 13.2 Å². The standard InChI is InChI=1S/C13H11N3O3S3/c14-22(18,19)9-3-4-10-11(7-9)21-13(15-10)16-12(17)6-8-2-1-5-20-8/h1-5,7H,6H2,(H2,14,18,19)(H,15,16,17). The van der Waals surface area contributed by atoms with Gasteiger partial charge in [0.25, 0.3) is 0 Å². The maximum absolute atomic E-state index is 11.9. The summed E-state index contributed by atoms with van der Waals surface area (Å²) in [6, 6.07) is 8.20. The van der Waals surface area contributed by atoms with Gasteiger partial charge in [-0.25, -0.2) is 18.5 Å². The minimum absolute atomic E-state index is 0.0279. The van der Waals surface area contributed by atoms with E-state index in [-0.39, 0.29) is 17.2 Å². The van der Waals surface area contributed by atoms with E-state index >= 15 is 0 Å². The number of anilines is 1. The van der Waals surface area contributed by atoms with E-state index in [1.54, 1.807) is 6.07 Å². The van der Waals surface area contributed by atoms with Crippen molar-refractivity contribution in [1.82, 2.24) is 4.98 Å². The van der Waals surface area contributed by atoms with E-state index in [1.807, 2.05) is 17.5 Å². The van der Waals surface area contributed by atoms with Gasteiger partial charge >= 0.3 is 0 Å². The maximum atomic E-state index is 11.9. The van der Waals surface area contributed by atoms with Gasteiger partial charge in [-0.3, -0.25) is 4.79 Å². The number of thiophene rings is 1. The molecule has 0 atom stereocenters. The highest BCUT2D eigenvalue weighted by atomic mass is 32.2. The molecule has 22 heavy (non-hydrogen) atoms. The molecule has 0 saturated carbocycles. The molecule has 114 valence electrons. The molecule has 0 bridgehead atoms. The number of carbonyl (C=O) groups is 1. The summed E-state index contributed by atoms with van der Waals surface area (Å²) in [4.78, 5) is 17.2. The highest BCUT2D eigenvalue weighted by Crippen LogP contribution is 2.28. The topological polar surface area (TPSA) is 102 Å². The van der Waals surface area contributed by atoms with E-state index < -0.39 is 10.0 Å². The molecule has 6 nitrogen and oxygen atoms in total. The number of carbonyl (C=O) groups excluding carboxylic acids is 1. The third-order valence-corrected chi connectivity index (χ3v) is 5.57. The first-order valence-electron chi connectivity index (χ1n) is 6.17. The number of rotatable bonds is 4. The summed E-state index contributed by atoms with van der Waals surface area (Å²) < 4.78 is 23.3. The summed E-state index contributed by atoms with van der Waals surface area (Å²) in [5.74, 6) is -0.159. The lowest BCUT2D eigenvalue weighted by molar-refractivity contribution is -0.115. The van der Waals surface area contributed by atoms with Gasteiger partial charge < -0.3 is 5.32 Å². The first-order valence-corrected chi connectivity index (χ1v) is 9.42. The lowest BCUT2D eigenvalue weighted by Gasteiger charge is -1.98. The number of benzene rings is 1. The summed E-state index contributed by atoms with van der Waals surface area (Å²) in [7, 11) is -3.75. The van der Waals surface area contributed by atoms with Gasteiger partial charge in [0.15, 0.2) is 5.13 Å². The lowest BCUT2D eigenvalue weighted by Crippen LogP contribution is -2.13. The molecule has 1 aromatic carbocycles. The molecule has 0 unspecified atom stereocenters. The minimum atomic E-state index is -3.75. The third-order valence-electron chi connectivity index (χ3n) is 2.85. The molecule has 0 fully saturated rings. The number of nitrogens with zero attached hydrogens (tertiary/aromatic N) is 1. The number of thiazole rings is 1. The lowest BCUT2D eigenvalue weighted by atomic mass is 10.3. The van der Waals surface area contributed by atoms with Crippen molar-refractivity contribution in [1.29, 1.82) is 0 Å². The smallest absolute Gasteiger partial charge is 0.238 e. The second-order valence-electron chi connectivity index (χ2n) is 4.50. The van der Waals surface area contributed by atoms with Gasteiger partial charge in [-0.2, -0.15) is 0 Å². The van der Waals surface area contributed by atoms with Gasteiger partial charge in [-0.05, 0) is 29.6 Å². The van der Waals surface area contributed by atoms with Crippen molar-refractivity contribution in [2.75, 3.05) is 5.32 Å². The molecule has 0 radical (unpaired) electrons. The van der Waals surface area contributed by atoms with Crippen molar-refractivity contribution in [3.8, 4) is 0 Å². The predicted octanol–water partition coefficient (Wildman–Crippen LogP) is 2.19. The fourth-order valence-electron chi connectivity index (χ4n) is 1.87. The molecule has 2 heterocycles. The van der Waals surface area contributed by atoms with Gasteiger partial charge in [-0.1, -0.05) is 17.4 Å². The Morgan fingerprint density at radius 2 is 2.14 bits per heavy atom. The van der Waals surface area contributed by atoms with Crippen LogP contribution in [-0.2, 0) is 21.2 Å². The van der Waals surface area contributed by atoms with Crippen LogP contribution in [0.25, 0.3) is 10.2 Å². The van der Waals surface area contributed by atoms with Crippen molar-refractivity contribution in [3.63, 3.8) is 0 Å². The molecule has 0 aliphatic heterocycles. The molecule has 3 aromatic rings. The second kappa shape index (κ2) is 5.76. The highest BCUT2D eigenvalue weighted by molar-refractivity contribution is 7.89. The first-order chi connectivity index (χ1) is 10.4. The van der Waals surface area contributed by atoms with Crippen LogP contribution in [0, 0.1) is 0 Å². The second-order valence-corrected chi connectivity index (χ2v) is 8.12. The van der Waals surface area contributed by atoms with Gasteiger partial charge in [0.1, 0.15) is 0 Å². The zero-order valence-electron chi connectivity index (χ0n) is 11.1. The molecular weight excluding hydrogens is 342 g/mol. The summed E-state index contributed by atoms with van der Waals surface area (Å²) in [6.07, 6.45) is 0.288. The molecule has 9 heteroatoms. The van der Waals surface area contributed by atoms with Crippen LogP contribution < -0.4 is 10.5 Å². The van der Waals surface area contributed by atoms with Crippen LogP contribution in [0.3, 0.4) is 0 Å². The van der Waals surface area contributed by atoms with Gasteiger partial charge in [0, 0.05) is 4.88 Å². The van der Waals surface area contributed by atoms with Crippen LogP contribution in [-0.4, -0.2) is 19.3 Å². The number of primary sulfonamides is 1. The predicted molar refractivity (Wildman–Crippen MR) is 87.6 cm³/mol. The van der Waals surface area contributed by atoms with E-state index in [0.29, 0.717) is 15.3 Å². The number of hydrogen-bond acceptors (Lipinski definition) is 6. The molecule has 0 aliphatic carbocycles. The average Bonchev–Trinajstić information content (AvgIpc) is 3.04. The SMILES string of the molecule is NS(=O)(=O)c1ccc2nc(NC(=O)Cc3cccs3)sc2c1. The molecule has 0 aliphatic rings. The number of amides is 1. The number of fused-ring (bicyclic) bond motifs is 1. The maximum Gasteiger partial charge on any atom is 0.238 e. The zero-order chi connectivity index (χ0) is 15.7. The number of hydrogen-bond donors (Lipinski definition) is 2. The molecule has 3 rings (SSSR count). The Hall–Kier alpha value is -1.81. The number of sulfonamides is 1. The van der Waals surface area contributed by atoms with Crippen LogP contribution in [0.2, 0.25) is 0 Å². The van der Waals surface area contributed by atoms with Crippen molar-refractivity contribution in [2.24, 2.45) is 5.14 Å². The average molecular weight is 353 g/mol. The highest BCUT2D eigenvalue weighted by Gasteiger charge is 2.12. The van der Waals surface area contributed by atoms with E-state index in [4.69, 9.17) is 5.14 Å². The zero-order valence-corrected chi connectivity index (χ0v) is 13.6. The summed E-state index contributed by atoms with van der Waals surface area (Å²) >= 11 is 2.72. The Bertz CT molecular complexity index is 930. The van der Waals surface area contributed by atoms with Gasteiger partial charge in [0.05, 0.1) is 21.5 Å². The molecule has 1 amide bonds. The van der Waals surface area contributed by atoms with Crippen molar-refractivity contribution in [3.05, 3.63) is 40.6 Å². The molecular formula is C13H11N3O3S3. The Morgan fingerprint density at radius 1 is 1.32 bits per heavy atom. The van der Waals surface area contributed by atoms with E-state index in [2.05, 4.69) is 10.3 Å². The fourth-order valence-corrected chi connectivity index (χ4v) is 4.11. The van der Waals surface area contributed by atoms with Gasteiger partial charge in [0.2, 0.25) is 15.9 Å².